The molecule has 0 radical (unpaired) electrons. The second-order valence-electron chi connectivity index (χ2n) is 8.12. The van der Waals surface area contributed by atoms with Crippen LogP contribution in [0.1, 0.15) is 62.4 Å². The molecule has 3 heterocycles. The summed E-state index contributed by atoms with van der Waals surface area (Å²) in [7, 11) is 1.53. The Bertz CT molecular complexity index is 1050. The topological polar surface area (TPSA) is 125 Å². The smallest absolute Gasteiger partial charge is 0.340 e. The summed E-state index contributed by atoms with van der Waals surface area (Å²) in [5.74, 6) is 0.816. The number of esters is 1. The first-order valence-electron chi connectivity index (χ1n) is 10.7. The number of carbonyl (C=O) groups excluding carboxylic acids is 2. The van der Waals surface area contributed by atoms with Gasteiger partial charge < -0.3 is 28.7 Å². The molecule has 2 aromatic heterocycles. The van der Waals surface area contributed by atoms with Gasteiger partial charge in [0.05, 0.1) is 12.2 Å². The molecule has 10 heteroatoms. The van der Waals surface area contributed by atoms with Crippen molar-refractivity contribution >= 4 is 17.8 Å². The Balaban J connectivity index is 1.42. The molecule has 10 nitrogen and oxygen atoms in total. The van der Waals surface area contributed by atoms with Crippen LogP contribution in [0.25, 0.3) is 0 Å². The Morgan fingerprint density at radius 2 is 1.94 bits per heavy atom. The first-order valence-corrected chi connectivity index (χ1v) is 10.7. The van der Waals surface area contributed by atoms with Gasteiger partial charge in [0.1, 0.15) is 18.4 Å². The normalized spacial score (nSPS) is 16.2. The van der Waals surface area contributed by atoms with E-state index in [-0.39, 0.29) is 12.5 Å². The molecule has 1 N–H and O–H groups in total. The molecule has 1 saturated heterocycles. The third-order valence-electron chi connectivity index (χ3n) is 5.89. The van der Waals surface area contributed by atoms with Crippen molar-refractivity contribution in [3.8, 4) is 6.07 Å². The Hall–Kier alpha value is -3.32. The van der Waals surface area contributed by atoms with Crippen LogP contribution >= 0.6 is 0 Å². The van der Waals surface area contributed by atoms with Crippen LogP contribution in [0, 0.1) is 25.2 Å². The zero-order chi connectivity index (χ0) is 22.8. The predicted molar refractivity (Wildman–Crippen MR) is 114 cm³/mol. The van der Waals surface area contributed by atoms with Gasteiger partial charge in [0, 0.05) is 44.9 Å². The summed E-state index contributed by atoms with van der Waals surface area (Å²) >= 11 is 0. The maximum absolute atomic E-state index is 13.2. The van der Waals surface area contributed by atoms with E-state index in [4.69, 9.17) is 13.9 Å². The molecule has 0 bridgehead atoms. The molecule has 1 aliphatic carbocycles. The van der Waals surface area contributed by atoms with Gasteiger partial charge in [-0.05, 0) is 32.3 Å². The average Bonchev–Trinajstić information content (AvgIpc) is 3.48. The number of ether oxygens (including phenoxy) is 2. The number of aryl methyl sites for hydroxylation is 1. The van der Waals surface area contributed by atoms with Gasteiger partial charge in [-0.25, -0.2) is 9.78 Å². The van der Waals surface area contributed by atoms with Crippen molar-refractivity contribution < 1.29 is 23.5 Å². The molecule has 0 unspecified atom stereocenters. The summed E-state index contributed by atoms with van der Waals surface area (Å²) in [6, 6.07) is 2.12. The van der Waals surface area contributed by atoms with Crippen molar-refractivity contribution in [2.75, 3.05) is 51.4 Å². The number of amides is 1. The number of oxazole rings is 1. The first-order chi connectivity index (χ1) is 15.4. The van der Waals surface area contributed by atoms with E-state index in [0.29, 0.717) is 78.7 Å². The fourth-order valence-corrected chi connectivity index (χ4v) is 3.95. The minimum absolute atomic E-state index is 0.152. The number of aromatic amines is 1. The van der Waals surface area contributed by atoms with Crippen molar-refractivity contribution in [2.24, 2.45) is 0 Å². The number of aromatic nitrogens is 2. The molecular formula is C22H27N5O5. The summed E-state index contributed by atoms with van der Waals surface area (Å²) in [5.41, 5.74) is 2.26. The van der Waals surface area contributed by atoms with Crippen LogP contribution in [0.4, 0.5) is 5.88 Å². The maximum atomic E-state index is 13.2. The third-order valence-corrected chi connectivity index (χ3v) is 5.89. The highest BCUT2D eigenvalue weighted by Gasteiger charge is 2.33. The number of hydrogen-bond donors (Lipinski definition) is 1. The van der Waals surface area contributed by atoms with E-state index in [1.54, 1.807) is 18.7 Å². The van der Waals surface area contributed by atoms with Gasteiger partial charge in [0.15, 0.2) is 0 Å². The van der Waals surface area contributed by atoms with Gasteiger partial charge in [-0.3, -0.25) is 4.79 Å². The lowest BCUT2D eigenvalue weighted by molar-refractivity contribution is 0.0386. The van der Waals surface area contributed by atoms with E-state index in [0.717, 1.165) is 12.8 Å². The molecular weight excluding hydrogens is 414 g/mol. The van der Waals surface area contributed by atoms with Crippen LogP contribution in [0.3, 0.4) is 0 Å². The standard InChI is InChI=1S/C22H27N5O5/c1-13-17(22(29)31-11-10-30-3)14(2)24-18(13)20(28)26-6-8-27(9-7-26)21-16(12-23)25-19(32-21)15-4-5-15/h15,24H,4-11H2,1-3H3. The van der Waals surface area contributed by atoms with Crippen LogP contribution in [-0.4, -0.2) is 73.2 Å². The number of nitrogens with one attached hydrogen (secondary N) is 1. The highest BCUT2D eigenvalue weighted by Crippen LogP contribution is 2.41. The molecule has 0 atom stereocenters. The second kappa shape index (κ2) is 9.04. The molecule has 1 saturated carbocycles. The van der Waals surface area contributed by atoms with Crippen LogP contribution in [0.2, 0.25) is 0 Å². The largest absolute Gasteiger partial charge is 0.460 e. The van der Waals surface area contributed by atoms with E-state index in [1.165, 1.54) is 7.11 Å². The summed E-state index contributed by atoms with van der Waals surface area (Å²) < 4.78 is 16.0. The number of piperazine rings is 1. The highest BCUT2D eigenvalue weighted by molar-refractivity contribution is 6.00. The Morgan fingerprint density at radius 1 is 1.22 bits per heavy atom. The molecule has 0 aromatic carbocycles. The van der Waals surface area contributed by atoms with Crippen LogP contribution < -0.4 is 4.90 Å². The van der Waals surface area contributed by atoms with E-state index >= 15 is 0 Å². The molecule has 170 valence electrons. The van der Waals surface area contributed by atoms with Crippen molar-refractivity contribution in [3.05, 3.63) is 34.1 Å². The highest BCUT2D eigenvalue weighted by atomic mass is 16.6. The lowest BCUT2D eigenvalue weighted by atomic mass is 10.1. The minimum Gasteiger partial charge on any atom is -0.460 e. The quantitative estimate of drug-likeness (QED) is 0.512. The second-order valence-corrected chi connectivity index (χ2v) is 8.12. The summed E-state index contributed by atoms with van der Waals surface area (Å²) in [4.78, 5) is 36.7. The van der Waals surface area contributed by atoms with E-state index in [9.17, 15) is 14.9 Å². The number of nitriles is 1. The van der Waals surface area contributed by atoms with E-state index in [2.05, 4.69) is 16.0 Å². The number of H-pyrrole nitrogens is 1. The molecule has 2 aromatic rings. The molecule has 2 aliphatic rings. The summed E-state index contributed by atoms with van der Waals surface area (Å²) in [6.45, 7) is 5.95. The summed E-state index contributed by atoms with van der Waals surface area (Å²) in [6.07, 6.45) is 2.09. The monoisotopic (exact) mass is 441 g/mol. The Kier molecular flexibility index (Phi) is 6.19. The number of anilines is 1. The fourth-order valence-electron chi connectivity index (χ4n) is 3.95. The van der Waals surface area contributed by atoms with Crippen LogP contribution in [0.5, 0.6) is 0 Å². The van der Waals surface area contributed by atoms with Gasteiger partial charge in [-0.15, -0.1) is 0 Å². The average molecular weight is 441 g/mol. The first kappa shape index (κ1) is 21.9. The van der Waals surface area contributed by atoms with Gasteiger partial charge in [0.25, 0.3) is 5.91 Å². The van der Waals surface area contributed by atoms with Crippen molar-refractivity contribution in [3.63, 3.8) is 0 Å². The molecule has 2 fully saturated rings. The maximum Gasteiger partial charge on any atom is 0.340 e. The number of rotatable bonds is 7. The van der Waals surface area contributed by atoms with Gasteiger partial charge in [-0.1, -0.05) is 0 Å². The summed E-state index contributed by atoms with van der Waals surface area (Å²) in [5, 5.41) is 9.41. The van der Waals surface area contributed by atoms with Crippen molar-refractivity contribution in [2.45, 2.75) is 32.6 Å². The minimum atomic E-state index is -0.474. The SMILES string of the molecule is COCCOC(=O)c1c(C)[nH]c(C(=O)N2CCN(c3oc(C4CC4)nc3C#N)CC2)c1C. The molecule has 0 spiro atoms. The predicted octanol–water partition coefficient (Wildman–Crippen LogP) is 2.13. The fraction of sp³-hybridized carbons (Fsp3) is 0.545. The Labute approximate surface area is 186 Å². The number of hydrogen-bond acceptors (Lipinski definition) is 8. The zero-order valence-electron chi connectivity index (χ0n) is 18.6. The lowest BCUT2D eigenvalue weighted by Gasteiger charge is -2.34. The van der Waals surface area contributed by atoms with Gasteiger partial charge >= 0.3 is 5.97 Å². The number of nitrogens with zero attached hydrogens (tertiary/aromatic N) is 4. The number of carbonyl (C=O) groups is 2. The lowest BCUT2D eigenvalue weighted by Crippen LogP contribution is -2.49. The van der Waals surface area contributed by atoms with Crippen LogP contribution in [0.15, 0.2) is 4.42 Å². The van der Waals surface area contributed by atoms with Gasteiger partial charge in [-0.2, -0.15) is 5.26 Å². The van der Waals surface area contributed by atoms with Gasteiger partial charge in [0.2, 0.25) is 17.5 Å². The molecule has 1 amide bonds. The van der Waals surface area contributed by atoms with Crippen molar-refractivity contribution in [1.82, 2.24) is 14.9 Å². The molecule has 1 aliphatic heterocycles. The molecule has 4 rings (SSSR count). The van der Waals surface area contributed by atoms with Crippen molar-refractivity contribution in [1.29, 1.82) is 5.26 Å². The third kappa shape index (κ3) is 4.21. The Morgan fingerprint density at radius 3 is 2.56 bits per heavy atom. The number of methoxy groups -OCH3 is 1. The molecule has 32 heavy (non-hydrogen) atoms. The van der Waals surface area contributed by atoms with E-state index < -0.39 is 5.97 Å². The zero-order valence-corrected chi connectivity index (χ0v) is 18.6. The van der Waals surface area contributed by atoms with Crippen LogP contribution in [-0.2, 0) is 9.47 Å². The van der Waals surface area contributed by atoms with E-state index in [1.807, 2.05) is 4.90 Å².